The van der Waals surface area contributed by atoms with E-state index in [1.54, 1.807) is 0 Å². The van der Waals surface area contributed by atoms with Gasteiger partial charge < -0.3 is 15.4 Å². The third kappa shape index (κ3) is 5.58. The highest BCUT2D eigenvalue weighted by Gasteiger charge is 2.12. The second-order valence-corrected chi connectivity index (χ2v) is 4.07. The normalized spacial score (nSPS) is 18.6. The summed E-state index contributed by atoms with van der Waals surface area (Å²) in [5.74, 6) is 0.855. The van der Waals surface area contributed by atoms with Crippen LogP contribution in [0.1, 0.15) is 25.7 Å². The molecule has 0 unspecified atom stereocenters. The molecule has 1 saturated heterocycles. The van der Waals surface area contributed by atoms with Gasteiger partial charge in [0.05, 0.1) is 0 Å². The van der Waals surface area contributed by atoms with Crippen LogP contribution in [-0.4, -0.2) is 39.9 Å². The van der Waals surface area contributed by atoms with Crippen LogP contribution < -0.4 is 10.6 Å². The molecule has 84 valence electrons. The molecule has 14 heavy (non-hydrogen) atoms. The van der Waals surface area contributed by atoms with Crippen molar-refractivity contribution < 1.29 is 4.74 Å². The predicted octanol–water partition coefficient (Wildman–Crippen LogP) is 1.00. The van der Waals surface area contributed by atoms with Gasteiger partial charge in [-0.25, -0.2) is 0 Å². The highest BCUT2D eigenvalue weighted by Crippen LogP contribution is 2.12. The van der Waals surface area contributed by atoms with Crippen molar-refractivity contribution in [1.82, 2.24) is 10.6 Å². The summed E-state index contributed by atoms with van der Waals surface area (Å²) in [6.45, 7) is 5.42. The lowest BCUT2D eigenvalue weighted by Crippen LogP contribution is -2.28. The van der Waals surface area contributed by atoms with Crippen LogP contribution in [0.15, 0.2) is 0 Å². The zero-order chi connectivity index (χ0) is 10.1. The van der Waals surface area contributed by atoms with Crippen LogP contribution in [0.4, 0.5) is 0 Å². The predicted molar refractivity (Wildman–Crippen MR) is 59.6 cm³/mol. The Kier molecular flexibility index (Phi) is 7.01. The maximum atomic E-state index is 5.32. The third-order valence-electron chi connectivity index (χ3n) is 2.80. The molecule has 0 atom stereocenters. The number of nitrogens with one attached hydrogen (secondary N) is 2. The molecule has 0 saturated carbocycles. The molecule has 0 aromatic heterocycles. The Morgan fingerprint density at radius 2 is 1.86 bits per heavy atom. The van der Waals surface area contributed by atoms with E-state index in [1.165, 1.54) is 38.8 Å². The van der Waals surface area contributed by atoms with Gasteiger partial charge in [-0.05, 0) is 58.3 Å². The summed E-state index contributed by atoms with van der Waals surface area (Å²) < 4.78 is 5.32. The molecule has 0 aromatic rings. The van der Waals surface area contributed by atoms with Gasteiger partial charge in [0.1, 0.15) is 0 Å². The monoisotopic (exact) mass is 200 g/mol. The number of ether oxygens (including phenoxy) is 1. The molecule has 0 radical (unpaired) electrons. The Bertz CT molecular complexity index is 124. The lowest BCUT2D eigenvalue weighted by Gasteiger charge is -2.22. The minimum atomic E-state index is 0.855. The van der Waals surface area contributed by atoms with Gasteiger partial charge in [-0.3, -0.25) is 0 Å². The lowest BCUT2D eigenvalue weighted by atomic mass is 10.0. The average molecular weight is 200 g/mol. The van der Waals surface area contributed by atoms with E-state index >= 15 is 0 Å². The van der Waals surface area contributed by atoms with Crippen LogP contribution >= 0.6 is 0 Å². The van der Waals surface area contributed by atoms with Crippen molar-refractivity contribution in [2.75, 3.05) is 39.9 Å². The minimum absolute atomic E-state index is 0.855. The van der Waals surface area contributed by atoms with Gasteiger partial charge in [0.2, 0.25) is 0 Å². The van der Waals surface area contributed by atoms with Crippen LogP contribution in [0.25, 0.3) is 0 Å². The third-order valence-corrected chi connectivity index (χ3v) is 2.80. The van der Waals surface area contributed by atoms with Crippen molar-refractivity contribution in [3.63, 3.8) is 0 Å². The fraction of sp³-hybridized carbons (Fsp3) is 1.00. The number of hydrogen-bond acceptors (Lipinski definition) is 3. The molecule has 2 N–H and O–H groups in total. The number of rotatable bonds is 7. The zero-order valence-corrected chi connectivity index (χ0v) is 9.35. The van der Waals surface area contributed by atoms with Crippen LogP contribution in [0.3, 0.4) is 0 Å². The van der Waals surface area contributed by atoms with Gasteiger partial charge in [0.25, 0.3) is 0 Å². The average Bonchev–Trinajstić information content (AvgIpc) is 2.25. The van der Waals surface area contributed by atoms with Crippen LogP contribution in [0, 0.1) is 5.92 Å². The first-order chi connectivity index (χ1) is 6.93. The van der Waals surface area contributed by atoms with Gasteiger partial charge in [0.15, 0.2) is 0 Å². The molecule has 1 aliphatic heterocycles. The molecule has 3 heteroatoms. The van der Waals surface area contributed by atoms with Crippen LogP contribution in [-0.2, 0) is 4.74 Å². The molecule has 0 bridgehead atoms. The zero-order valence-electron chi connectivity index (χ0n) is 9.35. The van der Waals surface area contributed by atoms with E-state index in [1.807, 2.05) is 7.05 Å². The van der Waals surface area contributed by atoms with Crippen LogP contribution in [0.5, 0.6) is 0 Å². The SMILES string of the molecule is CNCCCCNCC1CCOCC1. The molecule has 1 aliphatic rings. The van der Waals surface area contributed by atoms with Gasteiger partial charge in [-0.1, -0.05) is 0 Å². The van der Waals surface area contributed by atoms with E-state index in [2.05, 4.69) is 10.6 Å². The minimum Gasteiger partial charge on any atom is -0.381 e. The number of hydrogen-bond donors (Lipinski definition) is 2. The standard InChI is InChI=1S/C11H24N2O/c1-12-6-2-3-7-13-10-11-4-8-14-9-5-11/h11-13H,2-10H2,1H3. The van der Waals surface area contributed by atoms with E-state index in [0.29, 0.717) is 0 Å². The summed E-state index contributed by atoms with van der Waals surface area (Å²) in [4.78, 5) is 0. The van der Waals surface area contributed by atoms with E-state index < -0.39 is 0 Å². The van der Waals surface area contributed by atoms with Gasteiger partial charge in [0, 0.05) is 13.2 Å². The van der Waals surface area contributed by atoms with Crippen LogP contribution in [0.2, 0.25) is 0 Å². The Hall–Kier alpha value is -0.120. The van der Waals surface area contributed by atoms with Crippen molar-refractivity contribution in [3.05, 3.63) is 0 Å². The second-order valence-electron chi connectivity index (χ2n) is 4.07. The fourth-order valence-electron chi connectivity index (χ4n) is 1.81. The highest BCUT2D eigenvalue weighted by atomic mass is 16.5. The van der Waals surface area contributed by atoms with E-state index in [0.717, 1.165) is 25.7 Å². The maximum absolute atomic E-state index is 5.32. The first-order valence-electron chi connectivity index (χ1n) is 5.86. The summed E-state index contributed by atoms with van der Waals surface area (Å²) in [6, 6.07) is 0. The van der Waals surface area contributed by atoms with Crippen molar-refractivity contribution in [1.29, 1.82) is 0 Å². The highest BCUT2D eigenvalue weighted by molar-refractivity contribution is 4.65. The topological polar surface area (TPSA) is 33.3 Å². The van der Waals surface area contributed by atoms with Crippen molar-refractivity contribution in [2.45, 2.75) is 25.7 Å². The van der Waals surface area contributed by atoms with Gasteiger partial charge in [-0.15, -0.1) is 0 Å². The van der Waals surface area contributed by atoms with E-state index in [9.17, 15) is 0 Å². The van der Waals surface area contributed by atoms with Crippen molar-refractivity contribution >= 4 is 0 Å². The Labute approximate surface area is 87.6 Å². The van der Waals surface area contributed by atoms with Crippen molar-refractivity contribution in [2.24, 2.45) is 5.92 Å². The fourth-order valence-corrected chi connectivity index (χ4v) is 1.81. The molecule has 0 aliphatic carbocycles. The van der Waals surface area contributed by atoms with E-state index in [-0.39, 0.29) is 0 Å². The molecule has 1 heterocycles. The molecule has 0 spiro atoms. The largest absolute Gasteiger partial charge is 0.381 e. The maximum Gasteiger partial charge on any atom is 0.0469 e. The van der Waals surface area contributed by atoms with Gasteiger partial charge in [-0.2, -0.15) is 0 Å². The molecule has 0 amide bonds. The molecular formula is C11H24N2O. The molecule has 1 fully saturated rings. The van der Waals surface area contributed by atoms with E-state index in [4.69, 9.17) is 4.74 Å². The summed E-state index contributed by atoms with van der Waals surface area (Å²) in [5, 5.41) is 6.69. The van der Waals surface area contributed by atoms with Crippen molar-refractivity contribution in [3.8, 4) is 0 Å². The summed E-state index contributed by atoms with van der Waals surface area (Å²) in [5.41, 5.74) is 0. The summed E-state index contributed by atoms with van der Waals surface area (Å²) in [7, 11) is 2.01. The molecular weight excluding hydrogens is 176 g/mol. The van der Waals surface area contributed by atoms with Gasteiger partial charge >= 0.3 is 0 Å². The quantitative estimate of drug-likeness (QED) is 0.602. The number of unbranched alkanes of at least 4 members (excludes halogenated alkanes) is 1. The second kappa shape index (κ2) is 8.21. The smallest absolute Gasteiger partial charge is 0.0469 e. The molecule has 1 rings (SSSR count). The summed E-state index contributed by atoms with van der Waals surface area (Å²) >= 11 is 0. The molecule has 3 nitrogen and oxygen atoms in total. The molecule has 0 aromatic carbocycles. The summed E-state index contributed by atoms with van der Waals surface area (Å²) in [6.07, 6.45) is 5.04. The Balaban J connectivity index is 1.82. The Morgan fingerprint density at radius 1 is 1.14 bits per heavy atom. The Morgan fingerprint density at radius 3 is 2.57 bits per heavy atom. The lowest BCUT2D eigenvalue weighted by molar-refractivity contribution is 0.0663. The first kappa shape index (κ1) is 12.0. The first-order valence-corrected chi connectivity index (χ1v) is 5.86.